The first-order valence-electron chi connectivity index (χ1n) is 7.63. The zero-order valence-electron chi connectivity index (χ0n) is 12.4. The molecule has 1 atom stereocenters. The lowest BCUT2D eigenvalue weighted by Gasteiger charge is -2.36. The Balaban J connectivity index is 1.71. The molecule has 0 aliphatic carbocycles. The number of anilines is 1. The monoisotopic (exact) mass is 276 g/mol. The molecule has 2 heterocycles. The van der Waals surface area contributed by atoms with Gasteiger partial charge in [-0.2, -0.15) is 0 Å². The summed E-state index contributed by atoms with van der Waals surface area (Å²) < 4.78 is 11.3. The molecule has 0 radical (unpaired) electrons. The molecular formula is C16H24N2O2. The highest BCUT2D eigenvalue weighted by Crippen LogP contribution is 2.34. The third kappa shape index (κ3) is 3.01. The van der Waals surface area contributed by atoms with E-state index in [1.807, 2.05) is 6.07 Å². The van der Waals surface area contributed by atoms with Crippen molar-refractivity contribution in [2.45, 2.75) is 38.8 Å². The lowest BCUT2D eigenvalue weighted by Crippen LogP contribution is -2.47. The third-order valence-corrected chi connectivity index (χ3v) is 3.88. The molecule has 1 N–H and O–H groups in total. The fourth-order valence-corrected chi connectivity index (χ4v) is 3.05. The average molecular weight is 276 g/mol. The highest BCUT2D eigenvalue weighted by atomic mass is 16.6. The molecule has 0 spiro atoms. The minimum atomic E-state index is 0.542. The van der Waals surface area contributed by atoms with Crippen LogP contribution in [0.3, 0.4) is 0 Å². The summed E-state index contributed by atoms with van der Waals surface area (Å²) in [6, 6.07) is 7.41. The highest BCUT2D eigenvalue weighted by Gasteiger charge is 2.22. The van der Waals surface area contributed by atoms with Gasteiger partial charge in [0.2, 0.25) is 0 Å². The van der Waals surface area contributed by atoms with Crippen LogP contribution in [0.5, 0.6) is 11.5 Å². The van der Waals surface area contributed by atoms with Gasteiger partial charge in [0.25, 0.3) is 0 Å². The molecule has 20 heavy (non-hydrogen) atoms. The van der Waals surface area contributed by atoms with E-state index in [-0.39, 0.29) is 0 Å². The first-order valence-corrected chi connectivity index (χ1v) is 7.63. The van der Waals surface area contributed by atoms with Crippen LogP contribution in [0.25, 0.3) is 0 Å². The van der Waals surface area contributed by atoms with Crippen molar-refractivity contribution in [2.24, 2.45) is 0 Å². The Kier molecular flexibility index (Phi) is 4.01. The number of hydrogen-bond acceptors (Lipinski definition) is 4. The Morgan fingerprint density at radius 1 is 1.20 bits per heavy atom. The van der Waals surface area contributed by atoms with Crippen LogP contribution in [0.4, 0.5) is 5.69 Å². The molecule has 4 nitrogen and oxygen atoms in total. The van der Waals surface area contributed by atoms with Gasteiger partial charge < -0.3 is 19.7 Å². The number of piperidine rings is 1. The van der Waals surface area contributed by atoms with Gasteiger partial charge in [-0.25, -0.2) is 0 Å². The van der Waals surface area contributed by atoms with Crippen molar-refractivity contribution < 1.29 is 9.47 Å². The summed E-state index contributed by atoms with van der Waals surface area (Å²) in [6.45, 7) is 7.91. The predicted octanol–water partition coefficient (Wildman–Crippen LogP) is 2.42. The lowest BCUT2D eigenvalue weighted by atomic mass is 10.0. The number of nitrogens with one attached hydrogen (secondary N) is 1. The number of nitrogens with zero attached hydrogens (tertiary/aromatic N) is 1. The van der Waals surface area contributed by atoms with Gasteiger partial charge in [-0.1, -0.05) is 13.8 Å². The van der Waals surface area contributed by atoms with Crippen molar-refractivity contribution in [1.29, 1.82) is 0 Å². The molecule has 1 aromatic rings. The predicted molar refractivity (Wildman–Crippen MR) is 80.9 cm³/mol. The van der Waals surface area contributed by atoms with Crippen LogP contribution in [0.1, 0.15) is 26.7 Å². The van der Waals surface area contributed by atoms with E-state index >= 15 is 0 Å². The van der Waals surface area contributed by atoms with Crippen LogP contribution in [0.2, 0.25) is 0 Å². The van der Waals surface area contributed by atoms with Crippen molar-refractivity contribution >= 4 is 5.69 Å². The molecule has 1 saturated heterocycles. The molecule has 1 unspecified atom stereocenters. The molecule has 1 aromatic carbocycles. The first-order chi connectivity index (χ1) is 9.72. The molecular weight excluding hydrogens is 252 g/mol. The highest BCUT2D eigenvalue weighted by molar-refractivity contribution is 5.57. The number of rotatable bonds is 3. The van der Waals surface area contributed by atoms with Crippen molar-refractivity contribution in [2.75, 3.05) is 31.2 Å². The molecule has 0 bridgehead atoms. The van der Waals surface area contributed by atoms with Gasteiger partial charge in [-0.3, -0.25) is 0 Å². The minimum absolute atomic E-state index is 0.542. The van der Waals surface area contributed by atoms with E-state index in [1.165, 1.54) is 18.5 Å². The van der Waals surface area contributed by atoms with Crippen molar-refractivity contribution in [3.05, 3.63) is 18.2 Å². The third-order valence-electron chi connectivity index (χ3n) is 3.88. The molecule has 4 heteroatoms. The molecule has 1 fully saturated rings. The lowest BCUT2D eigenvalue weighted by molar-refractivity contribution is 0.171. The van der Waals surface area contributed by atoms with Crippen molar-refractivity contribution in [3.8, 4) is 11.5 Å². The van der Waals surface area contributed by atoms with Crippen molar-refractivity contribution in [1.82, 2.24) is 5.32 Å². The van der Waals surface area contributed by atoms with E-state index in [4.69, 9.17) is 9.47 Å². The second-order valence-electron chi connectivity index (χ2n) is 5.93. The Labute approximate surface area is 121 Å². The normalized spacial score (nSPS) is 22.1. The van der Waals surface area contributed by atoms with E-state index < -0.39 is 0 Å². The molecule has 2 aliphatic rings. The van der Waals surface area contributed by atoms with E-state index in [1.54, 1.807) is 0 Å². The van der Waals surface area contributed by atoms with Gasteiger partial charge in [0, 0.05) is 36.9 Å². The number of fused-ring (bicyclic) bond motifs is 1. The second kappa shape index (κ2) is 5.92. The summed E-state index contributed by atoms with van der Waals surface area (Å²) in [4.78, 5) is 2.45. The summed E-state index contributed by atoms with van der Waals surface area (Å²) in [5.41, 5.74) is 1.24. The molecule has 0 aromatic heterocycles. The fourth-order valence-electron chi connectivity index (χ4n) is 3.05. The quantitative estimate of drug-likeness (QED) is 0.919. The summed E-state index contributed by atoms with van der Waals surface area (Å²) in [7, 11) is 0. The van der Waals surface area contributed by atoms with Gasteiger partial charge in [-0.05, 0) is 25.0 Å². The summed E-state index contributed by atoms with van der Waals surface area (Å²) in [6.07, 6.45) is 2.50. The summed E-state index contributed by atoms with van der Waals surface area (Å²) >= 11 is 0. The van der Waals surface area contributed by atoms with Crippen LogP contribution in [0, 0.1) is 0 Å². The maximum atomic E-state index is 5.68. The topological polar surface area (TPSA) is 33.7 Å². The van der Waals surface area contributed by atoms with E-state index in [0.29, 0.717) is 25.3 Å². The Morgan fingerprint density at radius 2 is 2.00 bits per heavy atom. The summed E-state index contributed by atoms with van der Waals surface area (Å²) in [5, 5.41) is 3.65. The van der Waals surface area contributed by atoms with E-state index in [2.05, 4.69) is 36.2 Å². The van der Waals surface area contributed by atoms with Crippen LogP contribution >= 0.6 is 0 Å². The largest absolute Gasteiger partial charge is 0.486 e. The number of benzene rings is 1. The zero-order valence-corrected chi connectivity index (χ0v) is 12.4. The Morgan fingerprint density at radius 3 is 2.80 bits per heavy atom. The minimum Gasteiger partial charge on any atom is -0.486 e. The van der Waals surface area contributed by atoms with Gasteiger partial charge in [0.05, 0.1) is 0 Å². The van der Waals surface area contributed by atoms with Gasteiger partial charge in [0.1, 0.15) is 13.2 Å². The van der Waals surface area contributed by atoms with E-state index in [9.17, 15) is 0 Å². The zero-order chi connectivity index (χ0) is 13.9. The van der Waals surface area contributed by atoms with Gasteiger partial charge in [0.15, 0.2) is 11.5 Å². The smallest absolute Gasteiger partial charge is 0.163 e. The van der Waals surface area contributed by atoms with Crippen LogP contribution in [0.15, 0.2) is 18.2 Å². The molecule has 0 saturated carbocycles. The fraction of sp³-hybridized carbons (Fsp3) is 0.625. The van der Waals surface area contributed by atoms with E-state index in [0.717, 1.165) is 24.6 Å². The van der Waals surface area contributed by atoms with Crippen LogP contribution < -0.4 is 19.7 Å². The van der Waals surface area contributed by atoms with Crippen LogP contribution in [-0.2, 0) is 0 Å². The standard InChI is InChI=1S/C16H24N2O2/c1-12(2)17-13-4-3-7-18(11-13)14-5-6-15-16(10-14)20-9-8-19-15/h5-6,10,12-13,17H,3-4,7-9,11H2,1-2H3. The molecule has 110 valence electrons. The summed E-state index contributed by atoms with van der Waals surface area (Å²) in [5.74, 6) is 1.75. The van der Waals surface area contributed by atoms with Gasteiger partial charge in [-0.15, -0.1) is 0 Å². The maximum absolute atomic E-state index is 5.68. The second-order valence-corrected chi connectivity index (χ2v) is 5.93. The SMILES string of the molecule is CC(C)NC1CCCN(c2ccc3c(c2)OCCO3)C1. The molecule has 3 rings (SSSR count). The van der Waals surface area contributed by atoms with Crippen molar-refractivity contribution in [3.63, 3.8) is 0 Å². The van der Waals surface area contributed by atoms with Gasteiger partial charge >= 0.3 is 0 Å². The first kappa shape index (κ1) is 13.6. The molecule has 0 amide bonds. The van der Waals surface area contributed by atoms with Crippen LogP contribution in [-0.4, -0.2) is 38.4 Å². The molecule has 2 aliphatic heterocycles. The number of hydrogen-bond donors (Lipinski definition) is 1. The Hall–Kier alpha value is -1.42. The average Bonchev–Trinajstić information content (AvgIpc) is 2.46. The Bertz CT molecular complexity index is 462. The maximum Gasteiger partial charge on any atom is 0.163 e. The number of ether oxygens (including phenoxy) is 2.